The Bertz CT molecular complexity index is 1380. The highest BCUT2D eigenvalue weighted by atomic mass is 35.5. The number of para-hydroxylation sites is 1. The molecule has 2 heterocycles. The van der Waals surface area contributed by atoms with E-state index < -0.39 is 0 Å². The van der Waals surface area contributed by atoms with Crippen molar-refractivity contribution in [3.8, 4) is 16.9 Å². The van der Waals surface area contributed by atoms with E-state index in [2.05, 4.69) is 10.3 Å². The van der Waals surface area contributed by atoms with Gasteiger partial charge in [0.05, 0.1) is 29.4 Å². The van der Waals surface area contributed by atoms with E-state index in [0.717, 1.165) is 39.0 Å². The van der Waals surface area contributed by atoms with Crippen molar-refractivity contribution in [3.05, 3.63) is 88.0 Å². The molecule has 0 aliphatic carbocycles. The van der Waals surface area contributed by atoms with Crippen LogP contribution in [0.15, 0.2) is 66.9 Å². The highest BCUT2D eigenvalue weighted by molar-refractivity contribution is 6.35. The first kappa shape index (κ1) is 22.5. The van der Waals surface area contributed by atoms with Crippen LogP contribution in [-0.4, -0.2) is 31.6 Å². The molecule has 0 radical (unpaired) electrons. The molecule has 0 unspecified atom stereocenters. The van der Waals surface area contributed by atoms with Gasteiger partial charge in [0.1, 0.15) is 5.75 Å². The quantitative estimate of drug-likeness (QED) is 0.352. The molecule has 0 saturated heterocycles. The number of benzene rings is 3. The van der Waals surface area contributed by atoms with Crippen molar-refractivity contribution in [1.82, 2.24) is 10.3 Å². The minimum Gasteiger partial charge on any atom is -0.493 e. The number of amides is 1. The zero-order valence-corrected chi connectivity index (χ0v) is 20.3. The molecule has 1 aliphatic rings. The SMILES string of the molecule is CN(C)c1c(C(=O)N[C@H]2CCOc3ccccc32)ccc2c(-c3cc(Cl)cc(Cl)c3)ccnc12. The number of nitrogens with zero attached hydrogens (tertiary/aromatic N) is 2. The fourth-order valence-corrected chi connectivity index (χ4v) is 5.05. The highest BCUT2D eigenvalue weighted by Crippen LogP contribution is 2.37. The molecule has 5 rings (SSSR count). The molecule has 1 atom stereocenters. The van der Waals surface area contributed by atoms with Gasteiger partial charge in [0.15, 0.2) is 0 Å². The average Bonchev–Trinajstić information content (AvgIpc) is 2.82. The van der Waals surface area contributed by atoms with Crippen molar-refractivity contribution in [2.45, 2.75) is 12.5 Å². The molecule has 1 aromatic heterocycles. The molecule has 172 valence electrons. The smallest absolute Gasteiger partial charge is 0.253 e. The van der Waals surface area contributed by atoms with Gasteiger partial charge in [0.25, 0.3) is 5.91 Å². The third-order valence-corrected chi connectivity index (χ3v) is 6.45. The first-order valence-electron chi connectivity index (χ1n) is 11.0. The van der Waals surface area contributed by atoms with Crippen LogP contribution in [0.2, 0.25) is 10.0 Å². The summed E-state index contributed by atoms with van der Waals surface area (Å²) in [5.74, 6) is 0.669. The lowest BCUT2D eigenvalue weighted by atomic mass is 9.97. The zero-order valence-electron chi connectivity index (χ0n) is 18.8. The summed E-state index contributed by atoms with van der Waals surface area (Å²) in [5.41, 5.74) is 4.89. The van der Waals surface area contributed by atoms with E-state index in [1.165, 1.54) is 0 Å². The molecule has 0 saturated carbocycles. The van der Waals surface area contributed by atoms with Crippen molar-refractivity contribution in [3.63, 3.8) is 0 Å². The number of carbonyl (C=O) groups is 1. The minimum absolute atomic E-state index is 0.115. The second-order valence-corrected chi connectivity index (χ2v) is 9.34. The van der Waals surface area contributed by atoms with Gasteiger partial charge in [-0.2, -0.15) is 0 Å². The van der Waals surface area contributed by atoms with E-state index in [-0.39, 0.29) is 11.9 Å². The maximum Gasteiger partial charge on any atom is 0.253 e. The molecule has 7 heteroatoms. The Morgan fingerprint density at radius 1 is 1.06 bits per heavy atom. The lowest BCUT2D eigenvalue weighted by Gasteiger charge is -2.27. The summed E-state index contributed by atoms with van der Waals surface area (Å²) in [5, 5.41) is 5.24. The number of carbonyl (C=O) groups excluding carboxylic acids is 1. The number of hydrogen-bond acceptors (Lipinski definition) is 4. The van der Waals surface area contributed by atoms with E-state index in [0.29, 0.717) is 28.6 Å². The summed E-state index contributed by atoms with van der Waals surface area (Å²) in [7, 11) is 3.83. The van der Waals surface area contributed by atoms with Gasteiger partial charge in [0, 0.05) is 47.7 Å². The van der Waals surface area contributed by atoms with Crippen LogP contribution in [0.3, 0.4) is 0 Å². The van der Waals surface area contributed by atoms with E-state index >= 15 is 0 Å². The number of halogens is 2. The molecule has 1 amide bonds. The predicted molar refractivity (Wildman–Crippen MR) is 138 cm³/mol. The Morgan fingerprint density at radius 2 is 1.82 bits per heavy atom. The normalized spacial score (nSPS) is 14.9. The Balaban J connectivity index is 1.58. The number of ether oxygens (including phenoxy) is 1. The number of aromatic nitrogens is 1. The lowest BCUT2D eigenvalue weighted by Crippen LogP contribution is -2.33. The van der Waals surface area contributed by atoms with Crippen molar-refractivity contribution >= 4 is 45.7 Å². The molecule has 34 heavy (non-hydrogen) atoms. The van der Waals surface area contributed by atoms with Gasteiger partial charge < -0.3 is 15.0 Å². The number of anilines is 1. The number of hydrogen-bond donors (Lipinski definition) is 1. The molecule has 1 N–H and O–H groups in total. The minimum atomic E-state index is -0.148. The number of fused-ring (bicyclic) bond motifs is 2. The summed E-state index contributed by atoms with van der Waals surface area (Å²) in [6, 6.07) is 18.9. The van der Waals surface area contributed by atoms with Crippen LogP contribution in [0.4, 0.5) is 5.69 Å². The van der Waals surface area contributed by atoms with Gasteiger partial charge in [-0.15, -0.1) is 0 Å². The summed E-state index contributed by atoms with van der Waals surface area (Å²) in [6.07, 6.45) is 2.46. The molecular formula is C27H23Cl2N3O2. The third kappa shape index (κ3) is 4.17. The first-order valence-corrected chi connectivity index (χ1v) is 11.8. The standard InChI is InChI=1S/C27H23Cl2N3O2/c1-32(2)26-22(27(33)31-23-10-12-34-24-6-4-3-5-21(23)24)8-7-20-19(9-11-30-25(20)26)16-13-17(28)15-18(29)14-16/h3-9,11,13-15,23H,10,12H2,1-2H3,(H,31,33)/t23-/m0/s1. The lowest BCUT2D eigenvalue weighted by molar-refractivity contribution is 0.0925. The maximum absolute atomic E-state index is 13.5. The van der Waals surface area contributed by atoms with Crippen molar-refractivity contribution in [2.24, 2.45) is 0 Å². The van der Waals surface area contributed by atoms with E-state index in [1.807, 2.05) is 73.6 Å². The van der Waals surface area contributed by atoms with Crippen LogP contribution in [0.25, 0.3) is 22.0 Å². The van der Waals surface area contributed by atoms with Gasteiger partial charge in [-0.3, -0.25) is 9.78 Å². The molecule has 0 spiro atoms. The summed E-state index contributed by atoms with van der Waals surface area (Å²) in [4.78, 5) is 20.1. The number of nitrogens with one attached hydrogen (secondary N) is 1. The molecule has 0 bridgehead atoms. The predicted octanol–water partition coefficient (Wildman–Crippen LogP) is 6.53. The molecule has 4 aromatic rings. The summed E-state index contributed by atoms with van der Waals surface area (Å²) < 4.78 is 5.74. The van der Waals surface area contributed by atoms with Crippen molar-refractivity contribution in [2.75, 3.05) is 25.6 Å². The van der Waals surface area contributed by atoms with Gasteiger partial charge in [0.2, 0.25) is 0 Å². The Hall–Kier alpha value is -3.28. The summed E-state index contributed by atoms with van der Waals surface area (Å²) >= 11 is 12.5. The Morgan fingerprint density at radius 3 is 2.59 bits per heavy atom. The second-order valence-electron chi connectivity index (χ2n) is 8.47. The molecule has 3 aromatic carbocycles. The van der Waals surface area contributed by atoms with Crippen LogP contribution in [-0.2, 0) is 0 Å². The second kappa shape index (κ2) is 9.16. The van der Waals surface area contributed by atoms with E-state index in [1.54, 1.807) is 12.3 Å². The van der Waals surface area contributed by atoms with Gasteiger partial charge in [-0.05, 0) is 47.5 Å². The third-order valence-electron chi connectivity index (χ3n) is 6.02. The molecular weight excluding hydrogens is 469 g/mol. The fourth-order valence-electron chi connectivity index (χ4n) is 4.53. The average molecular weight is 492 g/mol. The van der Waals surface area contributed by atoms with Crippen LogP contribution < -0.4 is 15.0 Å². The summed E-state index contributed by atoms with van der Waals surface area (Å²) in [6.45, 7) is 0.563. The number of pyridine rings is 1. The number of rotatable bonds is 4. The molecule has 5 nitrogen and oxygen atoms in total. The van der Waals surface area contributed by atoms with E-state index in [9.17, 15) is 4.79 Å². The Kier molecular flexibility index (Phi) is 6.07. The van der Waals surface area contributed by atoms with Crippen LogP contribution in [0, 0.1) is 0 Å². The van der Waals surface area contributed by atoms with Crippen LogP contribution in [0.1, 0.15) is 28.4 Å². The fraction of sp³-hybridized carbons (Fsp3) is 0.185. The first-order chi connectivity index (χ1) is 16.4. The van der Waals surface area contributed by atoms with Crippen LogP contribution in [0.5, 0.6) is 5.75 Å². The highest BCUT2D eigenvalue weighted by Gasteiger charge is 2.25. The van der Waals surface area contributed by atoms with Crippen LogP contribution >= 0.6 is 23.2 Å². The topological polar surface area (TPSA) is 54.5 Å². The Labute approximate surface area is 208 Å². The molecule has 1 aliphatic heterocycles. The van der Waals surface area contributed by atoms with Gasteiger partial charge in [-0.25, -0.2) is 0 Å². The largest absolute Gasteiger partial charge is 0.493 e. The molecule has 0 fully saturated rings. The van der Waals surface area contributed by atoms with E-state index in [4.69, 9.17) is 27.9 Å². The van der Waals surface area contributed by atoms with Gasteiger partial charge in [-0.1, -0.05) is 47.5 Å². The van der Waals surface area contributed by atoms with Crippen molar-refractivity contribution in [1.29, 1.82) is 0 Å². The monoisotopic (exact) mass is 491 g/mol. The van der Waals surface area contributed by atoms with Crippen molar-refractivity contribution < 1.29 is 9.53 Å². The van der Waals surface area contributed by atoms with Gasteiger partial charge >= 0.3 is 0 Å². The zero-order chi connectivity index (χ0) is 23.8. The maximum atomic E-state index is 13.5.